The van der Waals surface area contributed by atoms with Crippen LogP contribution in [-0.2, 0) is 0 Å². The van der Waals surface area contributed by atoms with E-state index < -0.39 is 0 Å². The molecule has 0 bridgehead atoms. The lowest BCUT2D eigenvalue weighted by molar-refractivity contribution is 0.101. The largest absolute Gasteiger partial charge is 0.491 e. The summed E-state index contributed by atoms with van der Waals surface area (Å²) in [5, 5.41) is 0. The number of benzene rings is 1. The fraction of sp³-hybridized carbons (Fsp3) is 0.500. The number of carbonyl (C=O) groups is 1. The molecule has 0 unspecified atom stereocenters. The Labute approximate surface area is 108 Å². The molecule has 1 aliphatic heterocycles. The Morgan fingerprint density at radius 1 is 1.50 bits per heavy atom. The Kier molecular flexibility index (Phi) is 4.33. The van der Waals surface area contributed by atoms with Gasteiger partial charge in [0.25, 0.3) is 0 Å². The van der Waals surface area contributed by atoms with Gasteiger partial charge in [0.05, 0.1) is 5.56 Å². The van der Waals surface area contributed by atoms with Gasteiger partial charge in [-0.05, 0) is 32.0 Å². The number of ether oxygens (including phenoxy) is 1. The van der Waals surface area contributed by atoms with Gasteiger partial charge in [-0.3, -0.25) is 9.69 Å². The number of nitrogens with two attached hydrogens (primary N) is 1. The van der Waals surface area contributed by atoms with Crippen molar-refractivity contribution in [2.75, 3.05) is 26.2 Å². The molecule has 98 valence electrons. The van der Waals surface area contributed by atoms with Gasteiger partial charge in [0, 0.05) is 19.1 Å². The van der Waals surface area contributed by atoms with Crippen molar-refractivity contribution in [2.24, 2.45) is 5.73 Å². The number of carbonyl (C=O) groups excluding carboxylic acids is 1. The van der Waals surface area contributed by atoms with E-state index in [0.29, 0.717) is 24.0 Å². The maximum Gasteiger partial charge on any atom is 0.163 e. The number of Topliss-reactive ketones (excluding diaryl/α,β-unsaturated/α-hetero) is 1. The lowest BCUT2D eigenvalue weighted by Crippen LogP contribution is -2.29. The molecule has 2 rings (SSSR count). The first-order valence-electron chi connectivity index (χ1n) is 6.37. The summed E-state index contributed by atoms with van der Waals surface area (Å²) in [6.07, 6.45) is 1.06. The first-order valence-corrected chi connectivity index (χ1v) is 6.37. The monoisotopic (exact) mass is 248 g/mol. The Morgan fingerprint density at radius 2 is 2.28 bits per heavy atom. The highest BCUT2D eigenvalue weighted by Crippen LogP contribution is 2.18. The summed E-state index contributed by atoms with van der Waals surface area (Å²) in [6.45, 7) is 5.00. The summed E-state index contributed by atoms with van der Waals surface area (Å²) >= 11 is 0. The molecule has 0 aliphatic carbocycles. The molecule has 18 heavy (non-hydrogen) atoms. The lowest BCUT2D eigenvalue weighted by atomic mass is 10.1. The van der Waals surface area contributed by atoms with E-state index in [1.54, 1.807) is 13.0 Å². The van der Waals surface area contributed by atoms with Crippen molar-refractivity contribution in [2.45, 2.75) is 19.4 Å². The van der Waals surface area contributed by atoms with Gasteiger partial charge in [-0.2, -0.15) is 0 Å². The van der Waals surface area contributed by atoms with E-state index in [2.05, 4.69) is 4.90 Å². The van der Waals surface area contributed by atoms with Crippen LogP contribution < -0.4 is 10.5 Å². The third-order valence-corrected chi connectivity index (χ3v) is 3.24. The number of ketones is 1. The number of hydrogen-bond donors (Lipinski definition) is 1. The van der Waals surface area contributed by atoms with Crippen molar-refractivity contribution >= 4 is 5.78 Å². The Morgan fingerprint density at radius 3 is 2.94 bits per heavy atom. The van der Waals surface area contributed by atoms with Crippen LogP contribution in [0.5, 0.6) is 5.75 Å². The van der Waals surface area contributed by atoms with Crippen LogP contribution in [0.4, 0.5) is 0 Å². The summed E-state index contributed by atoms with van der Waals surface area (Å²) in [4.78, 5) is 13.7. The Bertz CT molecular complexity index is 420. The second-order valence-electron chi connectivity index (χ2n) is 4.75. The quantitative estimate of drug-likeness (QED) is 0.798. The predicted octanol–water partition coefficient (Wildman–Crippen LogP) is 1.30. The number of para-hydroxylation sites is 1. The molecule has 2 N–H and O–H groups in total. The zero-order valence-corrected chi connectivity index (χ0v) is 10.8. The molecule has 0 spiro atoms. The minimum Gasteiger partial charge on any atom is -0.491 e. The van der Waals surface area contributed by atoms with E-state index in [4.69, 9.17) is 10.5 Å². The highest BCUT2D eigenvalue weighted by molar-refractivity contribution is 5.96. The van der Waals surface area contributed by atoms with Crippen LogP contribution in [0.1, 0.15) is 23.7 Å². The molecule has 1 aliphatic rings. The molecule has 4 heteroatoms. The fourth-order valence-corrected chi connectivity index (χ4v) is 2.23. The second kappa shape index (κ2) is 5.98. The molecule has 1 aromatic rings. The number of nitrogens with zero attached hydrogens (tertiary/aromatic N) is 1. The van der Waals surface area contributed by atoms with E-state index in [-0.39, 0.29) is 5.78 Å². The smallest absolute Gasteiger partial charge is 0.163 e. The van der Waals surface area contributed by atoms with E-state index in [0.717, 1.165) is 26.1 Å². The third kappa shape index (κ3) is 3.31. The van der Waals surface area contributed by atoms with Gasteiger partial charge in [-0.15, -0.1) is 0 Å². The second-order valence-corrected chi connectivity index (χ2v) is 4.75. The molecular formula is C14H20N2O2. The van der Waals surface area contributed by atoms with Crippen LogP contribution in [0, 0.1) is 0 Å². The van der Waals surface area contributed by atoms with Crippen LogP contribution in [-0.4, -0.2) is 43.0 Å². The van der Waals surface area contributed by atoms with Crippen molar-refractivity contribution in [3.8, 4) is 5.75 Å². The summed E-state index contributed by atoms with van der Waals surface area (Å²) in [5.74, 6) is 0.710. The van der Waals surface area contributed by atoms with Gasteiger partial charge >= 0.3 is 0 Å². The summed E-state index contributed by atoms with van der Waals surface area (Å²) in [7, 11) is 0. The van der Waals surface area contributed by atoms with Gasteiger partial charge in [-0.25, -0.2) is 0 Å². The molecule has 0 aromatic heterocycles. The van der Waals surface area contributed by atoms with Crippen molar-refractivity contribution in [1.29, 1.82) is 0 Å². The summed E-state index contributed by atoms with van der Waals surface area (Å²) in [6, 6.07) is 7.67. The van der Waals surface area contributed by atoms with Crippen LogP contribution in [0.2, 0.25) is 0 Å². The van der Waals surface area contributed by atoms with Crippen molar-refractivity contribution in [1.82, 2.24) is 4.90 Å². The average molecular weight is 248 g/mol. The normalized spacial score (nSPS) is 20.0. The van der Waals surface area contributed by atoms with E-state index in [1.807, 2.05) is 18.2 Å². The highest BCUT2D eigenvalue weighted by Gasteiger charge is 2.18. The molecule has 1 fully saturated rings. The van der Waals surface area contributed by atoms with Crippen LogP contribution in [0.15, 0.2) is 24.3 Å². The SMILES string of the molecule is CC(=O)c1ccccc1OCCN1CC[C@H](N)C1. The molecular weight excluding hydrogens is 228 g/mol. The average Bonchev–Trinajstić information content (AvgIpc) is 2.75. The zero-order valence-electron chi connectivity index (χ0n) is 10.8. The van der Waals surface area contributed by atoms with Crippen molar-refractivity contribution in [3.63, 3.8) is 0 Å². The first kappa shape index (κ1) is 13.1. The van der Waals surface area contributed by atoms with E-state index >= 15 is 0 Å². The minimum absolute atomic E-state index is 0.0359. The van der Waals surface area contributed by atoms with Crippen LogP contribution in [0.3, 0.4) is 0 Å². The molecule has 0 saturated carbocycles. The fourth-order valence-electron chi connectivity index (χ4n) is 2.23. The molecule has 1 aromatic carbocycles. The van der Waals surface area contributed by atoms with Gasteiger partial charge in [0.15, 0.2) is 5.78 Å². The molecule has 1 saturated heterocycles. The third-order valence-electron chi connectivity index (χ3n) is 3.24. The Hall–Kier alpha value is -1.39. The maximum atomic E-state index is 11.4. The lowest BCUT2D eigenvalue weighted by Gasteiger charge is -2.16. The maximum absolute atomic E-state index is 11.4. The topological polar surface area (TPSA) is 55.6 Å². The van der Waals surface area contributed by atoms with Gasteiger partial charge < -0.3 is 10.5 Å². The summed E-state index contributed by atoms with van der Waals surface area (Å²) in [5.41, 5.74) is 6.49. The van der Waals surface area contributed by atoms with Gasteiger partial charge in [-0.1, -0.05) is 12.1 Å². The standard InChI is InChI=1S/C14H20N2O2/c1-11(17)13-4-2-3-5-14(13)18-9-8-16-7-6-12(15)10-16/h2-5,12H,6-10,15H2,1H3/t12-/m0/s1. The van der Waals surface area contributed by atoms with Crippen LogP contribution >= 0.6 is 0 Å². The van der Waals surface area contributed by atoms with Crippen molar-refractivity contribution < 1.29 is 9.53 Å². The van der Waals surface area contributed by atoms with E-state index in [1.165, 1.54) is 0 Å². The molecule has 1 atom stereocenters. The van der Waals surface area contributed by atoms with Gasteiger partial charge in [0.2, 0.25) is 0 Å². The number of rotatable bonds is 5. The molecule has 1 heterocycles. The number of likely N-dealkylation sites (tertiary alicyclic amines) is 1. The predicted molar refractivity (Wildman–Crippen MR) is 71.0 cm³/mol. The summed E-state index contributed by atoms with van der Waals surface area (Å²) < 4.78 is 5.69. The van der Waals surface area contributed by atoms with Crippen LogP contribution in [0.25, 0.3) is 0 Å². The van der Waals surface area contributed by atoms with Crippen molar-refractivity contribution in [3.05, 3.63) is 29.8 Å². The highest BCUT2D eigenvalue weighted by atomic mass is 16.5. The first-order chi connectivity index (χ1) is 8.66. The van der Waals surface area contributed by atoms with Gasteiger partial charge in [0.1, 0.15) is 12.4 Å². The zero-order chi connectivity index (χ0) is 13.0. The Balaban J connectivity index is 1.85. The molecule has 0 radical (unpaired) electrons. The minimum atomic E-state index is 0.0359. The number of hydrogen-bond acceptors (Lipinski definition) is 4. The molecule has 0 amide bonds. The molecule has 4 nitrogen and oxygen atoms in total. The van der Waals surface area contributed by atoms with E-state index in [9.17, 15) is 4.79 Å².